The highest BCUT2D eigenvalue weighted by atomic mass is 32.2. The monoisotopic (exact) mass is 352 g/mol. The number of hydrogen-bond donors (Lipinski definition) is 1. The number of carbonyl (C=O) groups excluding carboxylic acids is 1. The molecular weight excluding hydrogens is 324 g/mol. The van der Waals surface area contributed by atoms with Gasteiger partial charge < -0.3 is 4.90 Å². The van der Waals surface area contributed by atoms with Crippen molar-refractivity contribution in [2.24, 2.45) is 5.92 Å². The highest BCUT2D eigenvalue weighted by Crippen LogP contribution is 2.23. The zero-order chi connectivity index (χ0) is 17.7. The Kier molecular flexibility index (Phi) is 6.40. The predicted octanol–water partition coefficient (Wildman–Crippen LogP) is 3.31. The summed E-state index contributed by atoms with van der Waals surface area (Å²) < 4.78 is 27.6. The van der Waals surface area contributed by atoms with Crippen molar-refractivity contribution in [3.63, 3.8) is 0 Å². The maximum atomic E-state index is 12.4. The van der Waals surface area contributed by atoms with Gasteiger partial charge in [-0.15, -0.1) is 0 Å². The topological polar surface area (TPSA) is 66.5 Å². The van der Waals surface area contributed by atoms with E-state index in [-0.39, 0.29) is 16.8 Å². The lowest BCUT2D eigenvalue weighted by Crippen LogP contribution is -2.32. The third-order valence-electron chi connectivity index (χ3n) is 4.31. The molecule has 1 aromatic carbocycles. The molecule has 1 saturated heterocycles. The molecule has 1 aliphatic heterocycles. The molecule has 134 valence electrons. The molecule has 1 amide bonds. The van der Waals surface area contributed by atoms with Crippen LogP contribution in [0.15, 0.2) is 29.2 Å². The molecule has 1 fully saturated rings. The molecule has 0 saturated carbocycles. The Hall–Kier alpha value is -1.40. The average molecular weight is 353 g/mol. The minimum Gasteiger partial charge on any atom is -0.312 e. The molecule has 6 heteroatoms. The number of hydrogen-bond acceptors (Lipinski definition) is 3. The fraction of sp³-hybridized carbons (Fsp3) is 0.611. The first-order valence-electron chi connectivity index (χ1n) is 8.72. The van der Waals surface area contributed by atoms with E-state index in [9.17, 15) is 13.2 Å². The van der Waals surface area contributed by atoms with Crippen molar-refractivity contribution < 1.29 is 13.2 Å². The van der Waals surface area contributed by atoms with Gasteiger partial charge in [0.2, 0.25) is 15.9 Å². The molecule has 0 radical (unpaired) electrons. The van der Waals surface area contributed by atoms with Gasteiger partial charge in [0.1, 0.15) is 0 Å². The van der Waals surface area contributed by atoms with Gasteiger partial charge >= 0.3 is 0 Å². The van der Waals surface area contributed by atoms with Crippen molar-refractivity contribution in [3.8, 4) is 0 Å². The van der Waals surface area contributed by atoms with Gasteiger partial charge in [-0.25, -0.2) is 13.1 Å². The van der Waals surface area contributed by atoms with Crippen molar-refractivity contribution >= 4 is 21.6 Å². The van der Waals surface area contributed by atoms with Crippen LogP contribution in [0.3, 0.4) is 0 Å². The normalized spacial score (nSPS) is 16.8. The van der Waals surface area contributed by atoms with Gasteiger partial charge in [-0.05, 0) is 49.9 Å². The first-order valence-corrected chi connectivity index (χ1v) is 10.2. The van der Waals surface area contributed by atoms with Gasteiger partial charge in [-0.2, -0.15) is 0 Å². The summed E-state index contributed by atoms with van der Waals surface area (Å²) in [6.07, 6.45) is 4.36. The lowest BCUT2D eigenvalue weighted by atomic mass is 10.0. The van der Waals surface area contributed by atoms with E-state index < -0.39 is 10.0 Å². The number of nitrogens with one attached hydrogen (secondary N) is 1. The van der Waals surface area contributed by atoms with E-state index in [1.54, 1.807) is 29.2 Å². The Morgan fingerprint density at radius 1 is 1.12 bits per heavy atom. The summed E-state index contributed by atoms with van der Waals surface area (Å²) in [7, 11) is -3.52. The molecule has 2 rings (SSSR count). The van der Waals surface area contributed by atoms with E-state index in [2.05, 4.69) is 18.6 Å². The predicted molar refractivity (Wildman–Crippen MR) is 96.5 cm³/mol. The van der Waals surface area contributed by atoms with Gasteiger partial charge in [-0.1, -0.05) is 26.7 Å². The molecular formula is C18H28N2O3S. The van der Waals surface area contributed by atoms with Crippen molar-refractivity contribution in [1.82, 2.24) is 4.72 Å². The lowest BCUT2D eigenvalue weighted by Gasteiger charge is -2.17. The van der Waals surface area contributed by atoms with Gasteiger partial charge in [0, 0.05) is 24.7 Å². The first-order chi connectivity index (χ1) is 11.3. The van der Waals surface area contributed by atoms with Crippen molar-refractivity contribution in [2.45, 2.75) is 63.8 Å². The fourth-order valence-corrected chi connectivity index (χ4v) is 4.23. The highest BCUT2D eigenvalue weighted by Gasteiger charge is 2.23. The SMILES string of the molecule is CC(C)CCCC(C)NS(=O)(=O)c1ccc(N2CCCC2=O)cc1. The van der Waals surface area contributed by atoms with Crippen LogP contribution < -0.4 is 9.62 Å². The van der Waals surface area contributed by atoms with Crippen LogP contribution in [0.25, 0.3) is 0 Å². The summed E-state index contributed by atoms with van der Waals surface area (Å²) in [6, 6.07) is 6.48. The van der Waals surface area contributed by atoms with E-state index in [4.69, 9.17) is 0 Å². The van der Waals surface area contributed by atoms with E-state index in [0.29, 0.717) is 18.9 Å². The summed E-state index contributed by atoms with van der Waals surface area (Å²) in [5, 5.41) is 0. The summed E-state index contributed by atoms with van der Waals surface area (Å²) in [4.78, 5) is 13.7. The van der Waals surface area contributed by atoms with Gasteiger partial charge in [0.25, 0.3) is 0 Å². The standard InChI is InChI=1S/C18H28N2O3S/c1-14(2)6-4-7-15(3)19-24(22,23)17-11-9-16(10-12-17)20-13-5-8-18(20)21/h9-12,14-15,19H,4-8,13H2,1-3H3. The van der Waals surface area contributed by atoms with E-state index >= 15 is 0 Å². The Morgan fingerprint density at radius 3 is 2.33 bits per heavy atom. The van der Waals surface area contributed by atoms with E-state index in [1.807, 2.05) is 6.92 Å². The van der Waals surface area contributed by atoms with Crippen LogP contribution in [0.4, 0.5) is 5.69 Å². The quantitative estimate of drug-likeness (QED) is 0.780. The lowest BCUT2D eigenvalue weighted by molar-refractivity contribution is -0.117. The molecule has 1 aliphatic rings. The Morgan fingerprint density at radius 2 is 1.79 bits per heavy atom. The average Bonchev–Trinajstić information content (AvgIpc) is 2.92. The third-order valence-corrected chi connectivity index (χ3v) is 5.91. The molecule has 1 heterocycles. The van der Waals surface area contributed by atoms with Gasteiger partial charge in [0.15, 0.2) is 0 Å². The molecule has 1 atom stereocenters. The van der Waals surface area contributed by atoms with Crippen LogP contribution in [0.1, 0.15) is 52.9 Å². The number of sulfonamides is 1. The van der Waals surface area contributed by atoms with Crippen LogP contribution in [0.5, 0.6) is 0 Å². The van der Waals surface area contributed by atoms with Crippen molar-refractivity contribution in [1.29, 1.82) is 0 Å². The maximum Gasteiger partial charge on any atom is 0.240 e. The Labute approximate surface area is 145 Å². The summed E-state index contributed by atoms with van der Waals surface area (Å²) in [5.41, 5.74) is 0.765. The Balaban J connectivity index is 1.97. The van der Waals surface area contributed by atoms with Crippen LogP contribution >= 0.6 is 0 Å². The molecule has 0 aromatic heterocycles. The minimum atomic E-state index is -3.52. The second-order valence-electron chi connectivity index (χ2n) is 6.99. The summed E-state index contributed by atoms with van der Waals surface area (Å²) in [5.74, 6) is 0.733. The smallest absolute Gasteiger partial charge is 0.240 e. The molecule has 0 spiro atoms. The van der Waals surface area contributed by atoms with Crippen LogP contribution in [0, 0.1) is 5.92 Å². The number of amides is 1. The van der Waals surface area contributed by atoms with E-state index in [0.717, 1.165) is 31.4 Å². The third kappa shape index (κ3) is 5.05. The molecule has 5 nitrogen and oxygen atoms in total. The number of carbonyl (C=O) groups is 1. The molecule has 1 unspecified atom stereocenters. The second-order valence-corrected chi connectivity index (χ2v) is 8.70. The zero-order valence-electron chi connectivity index (χ0n) is 14.8. The van der Waals surface area contributed by atoms with Crippen LogP contribution in [-0.4, -0.2) is 26.9 Å². The van der Waals surface area contributed by atoms with Crippen molar-refractivity contribution in [3.05, 3.63) is 24.3 Å². The first kappa shape index (κ1) is 18.9. The number of nitrogens with zero attached hydrogens (tertiary/aromatic N) is 1. The molecule has 1 aromatic rings. The highest BCUT2D eigenvalue weighted by molar-refractivity contribution is 7.89. The number of rotatable bonds is 8. The largest absolute Gasteiger partial charge is 0.312 e. The zero-order valence-corrected chi connectivity index (χ0v) is 15.6. The van der Waals surface area contributed by atoms with Crippen LogP contribution in [0.2, 0.25) is 0 Å². The van der Waals surface area contributed by atoms with Crippen molar-refractivity contribution in [2.75, 3.05) is 11.4 Å². The molecule has 24 heavy (non-hydrogen) atoms. The molecule has 0 aliphatic carbocycles. The molecule has 0 bridgehead atoms. The minimum absolute atomic E-state index is 0.0893. The van der Waals surface area contributed by atoms with Gasteiger partial charge in [-0.3, -0.25) is 4.79 Å². The van der Waals surface area contributed by atoms with Gasteiger partial charge in [0.05, 0.1) is 4.90 Å². The van der Waals surface area contributed by atoms with Crippen LogP contribution in [-0.2, 0) is 14.8 Å². The summed E-state index contributed by atoms with van der Waals surface area (Å²) in [6.45, 7) is 6.94. The fourth-order valence-electron chi connectivity index (χ4n) is 2.95. The molecule has 1 N–H and O–H groups in total. The number of anilines is 1. The summed E-state index contributed by atoms with van der Waals surface area (Å²) >= 11 is 0. The number of benzene rings is 1. The maximum absolute atomic E-state index is 12.4. The van der Waals surface area contributed by atoms with E-state index in [1.165, 1.54) is 0 Å². The second kappa shape index (κ2) is 8.12. The Bertz CT molecular complexity index is 653.